The molecule has 2 fully saturated rings. The molecule has 2 heteroatoms. The number of nitrogens with one attached hydrogen (secondary N) is 1. The largest absolute Gasteiger partial charge is 0.348 e. The molecule has 1 aromatic rings. The van der Waals surface area contributed by atoms with E-state index in [4.69, 9.17) is 0 Å². The SMILES string of the molecule is c1c[nH]c(C2CC3CCCCC3C2)n1. The lowest BCUT2D eigenvalue weighted by atomic mass is 9.82. The van der Waals surface area contributed by atoms with Gasteiger partial charge in [0.2, 0.25) is 0 Å². The Balaban J connectivity index is 1.74. The Kier molecular flexibility index (Phi) is 2.07. The minimum Gasteiger partial charge on any atom is -0.348 e. The van der Waals surface area contributed by atoms with Gasteiger partial charge in [0.15, 0.2) is 0 Å². The number of hydrogen-bond donors (Lipinski definition) is 1. The lowest BCUT2D eigenvalue weighted by molar-refractivity contribution is 0.277. The standard InChI is InChI=1S/C12H18N2/c1-2-4-10-8-11(7-9(10)3-1)12-13-5-6-14-12/h5-6,9-11H,1-4,7-8H2,(H,13,14). The molecular formula is C12H18N2. The summed E-state index contributed by atoms with van der Waals surface area (Å²) in [5, 5.41) is 0. The molecule has 2 unspecified atom stereocenters. The fourth-order valence-corrected chi connectivity index (χ4v) is 3.46. The molecule has 14 heavy (non-hydrogen) atoms. The fraction of sp³-hybridized carbons (Fsp3) is 0.750. The van der Waals surface area contributed by atoms with Crippen LogP contribution in [0.3, 0.4) is 0 Å². The molecule has 2 atom stereocenters. The lowest BCUT2D eigenvalue weighted by Gasteiger charge is -2.24. The monoisotopic (exact) mass is 190 g/mol. The molecule has 2 aliphatic carbocycles. The van der Waals surface area contributed by atoms with Gasteiger partial charge in [-0.05, 0) is 24.7 Å². The minimum atomic E-state index is 0.734. The van der Waals surface area contributed by atoms with Crippen molar-refractivity contribution in [1.82, 2.24) is 9.97 Å². The van der Waals surface area contributed by atoms with Gasteiger partial charge >= 0.3 is 0 Å². The first kappa shape index (κ1) is 8.51. The van der Waals surface area contributed by atoms with Gasteiger partial charge in [-0.15, -0.1) is 0 Å². The molecule has 0 amide bonds. The minimum absolute atomic E-state index is 0.734. The zero-order chi connectivity index (χ0) is 9.38. The summed E-state index contributed by atoms with van der Waals surface area (Å²) in [6, 6.07) is 0. The summed E-state index contributed by atoms with van der Waals surface area (Å²) in [6.07, 6.45) is 12.5. The van der Waals surface area contributed by atoms with Crippen LogP contribution in [0.15, 0.2) is 12.4 Å². The summed E-state index contributed by atoms with van der Waals surface area (Å²) >= 11 is 0. The second-order valence-electron chi connectivity index (χ2n) is 4.95. The fourth-order valence-electron chi connectivity index (χ4n) is 3.46. The van der Waals surface area contributed by atoms with E-state index in [0.717, 1.165) is 17.8 Å². The van der Waals surface area contributed by atoms with Crippen molar-refractivity contribution in [2.75, 3.05) is 0 Å². The number of rotatable bonds is 1. The normalized spacial score (nSPS) is 37.0. The highest BCUT2D eigenvalue weighted by molar-refractivity contribution is 5.03. The molecule has 2 nitrogen and oxygen atoms in total. The number of imidazole rings is 1. The third-order valence-electron chi connectivity index (χ3n) is 4.15. The van der Waals surface area contributed by atoms with Crippen LogP contribution >= 0.6 is 0 Å². The second kappa shape index (κ2) is 3.41. The van der Waals surface area contributed by atoms with Crippen molar-refractivity contribution in [3.05, 3.63) is 18.2 Å². The Labute approximate surface area is 85.1 Å². The van der Waals surface area contributed by atoms with Crippen LogP contribution in [-0.2, 0) is 0 Å². The van der Waals surface area contributed by atoms with Gasteiger partial charge < -0.3 is 4.98 Å². The third kappa shape index (κ3) is 1.37. The van der Waals surface area contributed by atoms with Crippen molar-refractivity contribution < 1.29 is 0 Å². The summed E-state index contributed by atoms with van der Waals surface area (Å²) in [7, 11) is 0. The predicted molar refractivity (Wildman–Crippen MR) is 56.0 cm³/mol. The van der Waals surface area contributed by atoms with Crippen molar-refractivity contribution in [2.24, 2.45) is 11.8 Å². The number of fused-ring (bicyclic) bond motifs is 1. The summed E-state index contributed by atoms with van der Waals surface area (Å²) < 4.78 is 0. The van der Waals surface area contributed by atoms with Crippen molar-refractivity contribution >= 4 is 0 Å². The van der Waals surface area contributed by atoms with Gasteiger partial charge in [-0.2, -0.15) is 0 Å². The molecule has 0 bridgehead atoms. The average molecular weight is 190 g/mol. The van der Waals surface area contributed by atoms with Crippen LogP contribution in [0.4, 0.5) is 0 Å². The number of hydrogen-bond acceptors (Lipinski definition) is 1. The van der Waals surface area contributed by atoms with E-state index in [9.17, 15) is 0 Å². The van der Waals surface area contributed by atoms with Gasteiger partial charge in [-0.3, -0.25) is 0 Å². The Hall–Kier alpha value is -0.790. The topological polar surface area (TPSA) is 28.7 Å². The molecule has 0 aromatic carbocycles. The molecule has 1 aromatic heterocycles. The Morgan fingerprint density at radius 1 is 1.14 bits per heavy atom. The molecular weight excluding hydrogens is 172 g/mol. The number of aromatic amines is 1. The molecule has 0 radical (unpaired) electrons. The molecule has 76 valence electrons. The van der Waals surface area contributed by atoms with Crippen molar-refractivity contribution in [1.29, 1.82) is 0 Å². The predicted octanol–water partition coefficient (Wildman–Crippen LogP) is 3.09. The van der Waals surface area contributed by atoms with Crippen LogP contribution < -0.4 is 0 Å². The lowest BCUT2D eigenvalue weighted by Crippen LogP contribution is -2.12. The van der Waals surface area contributed by atoms with E-state index < -0.39 is 0 Å². The van der Waals surface area contributed by atoms with Crippen LogP contribution in [0.25, 0.3) is 0 Å². The first-order chi connectivity index (χ1) is 6.93. The number of aromatic nitrogens is 2. The smallest absolute Gasteiger partial charge is 0.109 e. The zero-order valence-corrected chi connectivity index (χ0v) is 8.58. The van der Waals surface area contributed by atoms with Crippen molar-refractivity contribution in [2.45, 2.75) is 44.4 Å². The van der Waals surface area contributed by atoms with Gasteiger partial charge in [0.05, 0.1) is 0 Å². The van der Waals surface area contributed by atoms with Gasteiger partial charge in [0.1, 0.15) is 5.82 Å². The molecule has 3 rings (SSSR count). The van der Waals surface area contributed by atoms with E-state index in [-0.39, 0.29) is 0 Å². The van der Waals surface area contributed by atoms with Crippen molar-refractivity contribution in [3.8, 4) is 0 Å². The van der Waals surface area contributed by atoms with E-state index in [0.29, 0.717) is 0 Å². The Morgan fingerprint density at radius 3 is 2.43 bits per heavy atom. The maximum absolute atomic E-state index is 4.40. The van der Waals surface area contributed by atoms with Crippen LogP contribution in [0.5, 0.6) is 0 Å². The summed E-state index contributed by atoms with van der Waals surface area (Å²) in [6.45, 7) is 0. The molecule has 0 aliphatic heterocycles. The first-order valence-corrected chi connectivity index (χ1v) is 5.93. The number of H-pyrrole nitrogens is 1. The van der Waals surface area contributed by atoms with E-state index in [1.165, 1.54) is 44.3 Å². The Bertz CT molecular complexity index is 277. The third-order valence-corrected chi connectivity index (χ3v) is 4.15. The quantitative estimate of drug-likeness (QED) is 0.724. The second-order valence-corrected chi connectivity index (χ2v) is 4.95. The molecule has 0 spiro atoms. The van der Waals surface area contributed by atoms with Crippen LogP contribution in [0.2, 0.25) is 0 Å². The summed E-state index contributed by atoms with van der Waals surface area (Å²) in [5.41, 5.74) is 0. The van der Waals surface area contributed by atoms with Crippen molar-refractivity contribution in [3.63, 3.8) is 0 Å². The molecule has 0 saturated heterocycles. The van der Waals surface area contributed by atoms with Crippen LogP contribution in [0.1, 0.15) is 50.3 Å². The molecule has 1 N–H and O–H groups in total. The average Bonchev–Trinajstić information content (AvgIpc) is 2.86. The van der Waals surface area contributed by atoms with Gasteiger partial charge in [-0.1, -0.05) is 25.7 Å². The molecule has 2 aliphatic rings. The Morgan fingerprint density at radius 2 is 1.86 bits per heavy atom. The molecule has 2 saturated carbocycles. The van der Waals surface area contributed by atoms with E-state index >= 15 is 0 Å². The first-order valence-electron chi connectivity index (χ1n) is 5.93. The maximum atomic E-state index is 4.40. The zero-order valence-electron chi connectivity index (χ0n) is 8.58. The summed E-state index contributed by atoms with van der Waals surface area (Å²) in [4.78, 5) is 7.68. The van der Waals surface area contributed by atoms with Gasteiger partial charge in [0.25, 0.3) is 0 Å². The van der Waals surface area contributed by atoms with Crippen LogP contribution in [-0.4, -0.2) is 9.97 Å². The van der Waals surface area contributed by atoms with E-state index in [1.807, 2.05) is 12.4 Å². The molecule has 1 heterocycles. The van der Waals surface area contributed by atoms with Gasteiger partial charge in [0, 0.05) is 18.3 Å². The highest BCUT2D eigenvalue weighted by atomic mass is 14.9. The number of nitrogens with zero attached hydrogens (tertiary/aromatic N) is 1. The summed E-state index contributed by atoms with van der Waals surface area (Å²) in [5.74, 6) is 4.00. The maximum Gasteiger partial charge on any atom is 0.109 e. The van der Waals surface area contributed by atoms with Gasteiger partial charge in [-0.25, -0.2) is 4.98 Å². The van der Waals surface area contributed by atoms with E-state index in [1.54, 1.807) is 0 Å². The highest BCUT2D eigenvalue weighted by Crippen LogP contribution is 2.48. The van der Waals surface area contributed by atoms with Crippen LogP contribution in [0, 0.1) is 11.8 Å². The van der Waals surface area contributed by atoms with E-state index in [2.05, 4.69) is 9.97 Å². The highest BCUT2D eigenvalue weighted by Gasteiger charge is 2.36.